The van der Waals surface area contributed by atoms with Gasteiger partial charge in [-0.15, -0.1) is 0 Å². The van der Waals surface area contributed by atoms with Gasteiger partial charge in [-0.3, -0.25) is 9.59 Å². The number of aromatic nitrogens is 1. The number of carbonyl (C=O) groups is 2. The number of H-pyrrole nitrogens is 1. The fraction of sp³-hybridized carbons (Fsp3) is 0.241. The van der Waals surface area contributed by atoms with Gasteiger partial charge < -0.3 is 29.4 Å². The summed E-state index contributed by atoms with van der Waals surface area (Å²) in [5, 5.41) is 4.10. The van der Waals surface area contributed by atoms with Gasteiger partial charge in [0.2, 0.25) is 12.7 Å². The van der Waals surface area contributed by atoms with Crippen LogP contribution in [-0.4, -0.2) is 48.8 Å². The molecule has 3 aromatic carbocycles. The first-order valence-corrected chi connectivity index (χ1v) is 12.3. The molecule has 0 saturated carbocycles. The van der Waals surface area contributed by atoms with Crippen molar-refractivity contribution < 1.29 is 23.8 Å². The number of methoxy groups -OCH3 is 1. The molecule has 2 aliphatic heterocycles. The lowest BCUT2D eigenvalue weighted by Gasteiger charge is -2.41. The molecule has 6 rings (SSSR count). The molecule has 0 saturated heterocycles. The van der Waals surface area contributed by atoms with E-state index in [0.717, 1.165) is 27.6 Å². The Labute approximate surface area is 214 Å². The molecular formula is C29H27N3O5. The third-order valence-electron chi connectivity index (χ3n) is 7.10. The number of nitrogens with one attached hydrogen (secondary N) is 2. The van der Waals surface area contributed by atoms with Crippen LogP contribution in [-0.2, 0) is 16.1 Å². The molecule has 2 aliphatic rings. The number of rotatable bonds is 7. The zero-order valence-corrected chi connectivity index (χ0v) is 20.4. The number of aromatic amines is 1. The van der Waals surface area contributed by atoms with Gasteiger partial charge >= 0.3 is 0 Å². The van der Waals surface area contributed by atoms with Gasteiger partial charge in [0, 0.05) is 48.4 Å². The predicted octanol–water partition coefficient (Wildman–Crippen LogP) is 4.14. The molecule has 0 fully saturated rings. The highest BCUT2D eigenvalue weighted by Crippen LogP contribution is 2.45. The van der Waals surface area contributed by atoms with E-state index in [0.29, 0.717) is 36.8 Å². The summed E-state index contributed by atoms with van der Waals surface area (Å²) in [4.78, 5) is 32.8. The van der Waals surface area contributed by atoms with Crippen LogP contribution in [0.5, 0.6) is 11.5 Å². The van der Waals surface area contributed by atoms with Crippen molar-refractivity contribution in [2.75, 3.05) is 27.1 Å². The highest BCUT2D eigenvalue weighted by Gasteiger charge is 2.44. The maximum absolute atomic E-state index is 14.0. The van der Waals surface area contributed by atoms with Gasteiger partial charge in [-0.2, -0.15) is 0 Å². The molecule has 0 bridgehead atoms. The fourth-order valence-corrected chi connectivity index (χ4v) is 5.35. The second-order valence-corrected chi connectivity index (χ2v) is 9.20. The minimum atomic E-state index is -0.612. The fourth-order valence-electron chi connectivity index (χ4n) is 5.35. The van der Waals surface area contributed by atoms with Crippen LogP contribution in [0.3, 0.4) is 0 Å². The molecule has 0 radical (unpaired) electrons. The molecule has 188 valence electrons. The van der Waals surface area contributed by atoms with Gasteiger partial charge in [-0.25, -0.2) is 0 Å². The Morgan fingerprint density at radius 3 is 2.76 bits per heavy atom. The number of para-hydroxylation sites is 1. The summed E-state index contributed by atoms with van der Waals surface area (Å²) in [5.41, 5.74) is 4.02. The van der Waals surface area contributed by atoms with E-state index in [2.05, 4.69) is 10.3 Å². The van der Waals surface area contributed by atoms with E-state index in [1.165, 1.54) is 0 Å². The van der Waals surface area contributed by atoms with E-state index in [1.807, 2.05) is 66.9 Å². The quantitative estimate of drug-likeness (QED) is 0.400. The van der Waals surface area contributed by atoms with Gasteiger partial charge in [0.25, 0.3) is 5.91 Å². The number of benzene rings is 3. The standard InChI is InChI=1S/C29H27N3O5/c1-35-13-12-32-27(22-16-30-23-9-5-4-6-19(22)23)26(20-7-2-3-8-21(20)29(32)34)28(33)31-15-18-10-11-24-25(14-18)37-17-36-24/h2-11,14,16,26-27,30H,12-13,15,17H2,1H3,(H,31,33). The van der Waals surface area contributed by atoms with Crippen molar-refractivity contribution in [2.24, 2.45) is 0 Å². The number of amides is 2. The Kier molecular flexibility index (Phi) is 6.02. The van der Waals surface area contributed by atoms with Crippen molar-refractivity contribution in [3.63, 3.8) is 0 Å². The summed E-state index contributed by atoms with van der Waals surface area (Å²) < 4.78 is 16.2. The Bertz CT molecular complexity index is 1480. The summed E-state index contributed by atoms with van der Waals surface area (Å²) in [5.74, 6) is 0.489. The Hall–Kier alpha value is -4.30. The van der Waals surface area contributed by atoms with Crippen molar-refractivity contribution in [1.82, 2.24) is 15.2 Å². The summed E-state index contributed by atoms with van der Waals surface area (Å²) >= 11 is 0. The molecule has 2 N–H and O–H groups in total. The number of hydrogen-bond acceptors (Lipinski definition) is 5. The van der Waals surface area contributed by atoms with Crippen LogP contribution in [0.25, 0.3) is 10.9 Å². The van der Waals surface area contributed by atoms with Gasteiger partial charge in [0.05, 0.1) is 18.6 Å². The molecule has 8 heteroatoms. The van der Waals surface area contributed by atoms with Crippen molar-refractivity contribution in [1.29, 1.82) is 0 Å². The Balaban J connectivity index is 1.40. The highest BCUT2D eigenvalue weighted by atomic mass is 16.7. The van der Waals surface area contributed by atoms with Crippen LogP contribution in [0.15, 0.2) is 72.9 Å². The van der Waals surface area contributed by atoms with Gasteiger partial charge in [-0.05, 0) is 35.4 Å². The van der Waals surface area contributed by atoms with Crippen molar-refractivity contribution in [2.45, 2.75) is 18.5 Å². The van der Waals surface area contributed by atoms with E-state index in [1.54, 1.807) is 18.1 Å². The number of nitrogens with zero attached hydrogens (tertiary/aromatic N) is 1. The summed E-state index contributed by atoms with van der Waals surface area (Å²) in [6, 6.07) is 20.4. The van der Waals surface area contributed by atoms with Crippen molar-refractivity contribution in [3.8, 4) is 11.5 Å². The average molecular weight is 498 g/mol. The van der Waals surface area contributed by atoms with E-state index in [9.17, 15) is 9.59 Å². The summed E-state index contributed by atoms with van der Waals surface area (Å²) in [6.07, 6.45) is 1.91. The number of ether oxygens (including phenoxy) is 3. The minimum Gasteiger partial charge on any atom is -0.454 e. The molecule has 37 heavy (non-hydrogen) atoms. The monoisotopic (exact) mass is 497 g/mol. The Morgan fingerprint density at radius 1 is 1.05 bits per heavy atom. The van der Waals surface area contributed by atoms with E-state index < -0.39 is 12.0 Å². The van der Waals surface area contributed by atoms with E-state index in [4.69, 9.17) is 14.2 Å². The van der Waals surface area contributed by atoms with Gasteiger partial charge in [0.15, 0.2) is 11.5 Å². The number of carbonyl (C=O) groups excluding carboxylic acids is 2. The van der Waals surface area contributed by atoms with Gasteiger partial charge in [-0.1, -0.05) is 42.5 Å². The highest BCUT2D eigenvalue weighted by molar-refractivity contribution is 6.02. The first-order valence-electron chi connectivity index (χ1n) is 12.3. The molecule has 0 aliphatic carbocycles. The van der Waals surface area contributed by atoms with Crippen LogP contribution in [0.4, 0.5) is 0 Å². The topological polar surface area (TPSA) is 92.9 Å². The normalized spacial score (nSPS) is 18.2. The maximum Gasteiger partial charge on any atom is 0.254 e. The summed E-state index contributed by atoms with van der Waals surface area (Å²) in [7, 11) is 1.61. The zero-order chi connectivity index (χ0) is 25.4. The second kappa shape index (κ2) is 9.63. The third-order valence-corrected chi connectivity index (χ3v) is 7.10. The average Bonchev–Trinajstić information content (AvgIpc) is 3.58. The molecule has 4 aromatic rings. The molecule has 8 nitrogen and oxygen atoms in total. The first kappa shape index (κ1) is 23.1. The van der Waals surface area contributed by atoms with Crippen LogP contribution < -0.4 is 14.8 Å². The predicted molar refractivity (Wildman–Crippen MR) is 138 cm³/mol. The zero-order valence-electron chi connectivity index (χ0n) is 20.4. The largest absolute Gasteiger partial charge is 0.454 e. The minimum absolute atomic E-state index is 0.109. The van der Waals surface area contributed by atoms with E-state index >= 15 is 0 Å². The van der Waals surface area contributed by atoms with Crippen LogP contribution >= 0.6 is 0 Å². The smallest absolute Gasteiger partial charge is 0.254 e. The molecular weight excluding hydrogens is 470 g/mol. The van der Waals surface area contributed by atoms with Crippen molar-refractivity contribution >= 4 is 22.7 Å². The van der Waals surface area contributed by atoms with Crippen LogP contribution in [0.2, 0.25) is 0 Å². The molecule has 0 spiro atoms. The molecule has 1 aromatic heterocycles. The van der Waals surface area contributed by atoms with Crippen LogP contribution in [0.1, 0.15) is 39.0 Å². The lowest BCUT2D eigenvalue weighted by molar-refractivity contribution is -0.124. The van der Waals surface area contributed by atoms with Gasteiger partial charge in [0.1, 0.15) is 0 Å². The summed E-state index contributed by atoms with van der Waals surface area (Å²) in [6.45, 7) is 1.24. The lowest BCUT2D eigenvalue weighted by atomic mass is 9.79. The SMILES string of the molecule is COCCN1C(=O)c2ccccc2C(C(=O)NCc2ccc3c(c2)OCO3)C1c1c[nH]c2ccccc12. The molecule has 2 amide bonds. The van der Waals surface area contributed by atoms with E-state index in [-0.39, 0.29) is 18.6 Å². The third kappa shape index (κ3) is 4.09. The lowest BCUT2D eigenvalue weighted by Crippen LogP contribution is -2.48. The molecule has 3 heterocycles. The maximum atomic E-state index is 14.0. The number of hydrogen-bond donors (Lipinski definition) is 2. The first-order chi connectivity index (χ1) is 18.2. The number of fused-ring (bicyclic) bond motifs is 3. The van der Waals surface area contributed by atoms with Crippen molar-refractivity contribution in [3.05, 3.63) is 95.2 Å². The molecule has 2 atom stereocenters. The Morgan fingerprint density at radius 2 is 1.86 bits per heavy atom. The molecule has 2 unspecified atom stereocenters. The second-order valence-electron chi connectivity index (χ2n) is 9.20. The van der Waals surface area contributed by atoms with Crippen LogP contribution in [0, 0.1) is 0 Å².